The van der Waals surface area contributed by atoms with Crippen LogP contribution in [-0.4, -0.2) is 35.4 Å². The Morgan fingerprint density at radius 1 is 1.30 bits per heavy atom. The van der Waals surface area contributed by atoms with E-state index in [1.807, 2.05) is 18.4 Å². The van der Waals surface area contributed by atoms with Crippen LogP contribution >= 0.6 is 23.1 Å². The molecule has 0 fully saturated rings. The maximum atomic E-state index is 12.5. The molecule has 0 unspecified atom stereocenters. The lowest BCUT2D eigenvalue weighted by Crippen LogP contribution is -2.22. The number of amides is 1. The van der Waals surface area contributed by atoms with Crippen LogP contribution in [-0.2, 0) is 11.3 Å². The third-order valence-corrected chi connectivity index (χ3v) is 5.73. The number of hydrogen-bond acceptors (Lipinski definition) is 7. The minimum atomic E-state index is -0.228. The number of carbonyl (C=O) groups excluding carboxylic acids is 1. The highest BCUT2D eigenvalue weighted by Gasteiger charge is 2.14. The molecule has 1 aromatic carbocycles. The molecule has 0 aliphatic heterocycles. The summed E-state index contributed by atoms with van der Waals surface area (Å²) in [5, 5.41) is 5.18. The molecule has 3 aromatic rings. The van der Waals surface area contributed by atoms with Crippen LogP contribution in [0.25, 0.3) is 10.2 Å². The van der Waals surface area contributed by atoms with Crippen molar-refractivity contribution in [2.75, 3.05) is 25.3 Å². The fourth-order valence-corrected chi connectivity index (χ4v) is 4.18. The van der Waals surface area contributed by atoms with Gasteiger partial charge in [0.1, 0.15) is 16.2 Å². The van der Waals surface area contributed by atoms with Gasteiger partial charge in [0.15, 0.2) is 5.16 Å². The van der Waals surface area contributed by atoms with Crippen LogP contribution in [0.1, 0.15) is 6.92 Å². The maximum Gasteiger partial charge on any atom is 0.272 e. The van der Waals surface area contributed by atoms with E-state index in [9.17, 15) is 9.59 Å². The van der Waals surface area contributed by atoms with Gasteiger partial charge in [-0.2, -0.15) is 0 Å². The molecule has 7 nitrogen and oxygen atoms in total. The molecule has 1 N–H and O–H groups in total. The first-order valence-electron chi connectivity index (χ1n) is 8.20. The van der Waals surface area contributed by atoms with Crippen LogP contribution in [0.4, 0.5) is 5.69 Å². The summed E-state index contributed by atoms with van der Waals surface area (Å²) >= 11 is 2.60. The minimum absolute atomic E-state index is 0.0742. The lowest BCUT2D eigenvalue weighted by molar-refractivity contribution is -0.113. The molecule has 0 aliphatic carbocycles. The number of nitrogens with zero attached hydrogens (tertiary/aromatic N) is 2. The first kappa shape index (κ1) is 19.2. The Balaban J connectivity index is 1.77. The number of ether oxygens (including phenoxy) is 2. The molecule has 3 rings (SSSR count). The summed E-state index contributed by atoms with van der Waals surface area (Å²) in [6.45, 7) is 2.38. The van der Waals surface area contributed by atoms with E-state index in [2.05, 4.69) is 10.3 Å². The second-order valence-electron chi connectivity index (χ2n) is 5.48. The normalized spacial score (nSPS) is 10.8. The molecule has 0 aliphatic rings. The van der Waals surface area contributed by atoms with Crippen molar-refractivity contribution in [2.24, 2.45) is 0 Å². The van der Waals surface area contributed by atoms with E-state index in [0.717, 1.165) is 0 Å². The summed E-state index contributed by atoms with van der Waals surface area (Å²) in [5.41, 5.74) is 1.11. The highest BCUT2D eigenvalue weighted by Crippen LogP contribution is 2.29. The molecule has 2 heterocycles. The number of anilines is 1. The summed E-state index contributed by atoms with van der Waals surface area (Å²) < 4.78 is 12.7. The number of hydrogen-bond donors (Lipinski definition) is 1. The first-order valence-corrected chi connectivity index (χ1v) is 10.1. The molecule has 0 bridgehead atoms. The van der Waals surface area contributed by atoms with Crippen LogP contribution in [0.15, 0.2) is 39.6 Å². The van der Waals surface area contributed by atoms with E-state index < -0.39 is 0 Å². The minimum Gasteiger partial charge on any atom is -0.497 e. The molecule has 27 heavy (non-hydrogen) atoms. The number of nitrogens with one attached hydrogen (secondary N) is 1. The Hall–Kier alpha value is -2.52. The van der Waals surface area contributed by atoms with E-state index in [1.54, 1.807) is 29.9 Å². The van der Waals surface area contributed by atoms with Crippen LogP contribution in [0, 0.1) is 0 Å². The SMILES string of the molecule is CCn1c(SCC(=O)Nc2cc(OC)ccc2OC)nc2ccsc2c1=O. The van der Waals surface area contributed by atoms with E-state index in [1.165, 1.54) is 30.2 Å². The van der Waals surface area contributed by atoms with E-state index in [4.69, 9.17) is 9.47 Å². The molecule has 142 valence electrons. The zero-order chi connectivity index (χ0) is 19.4. The highest BCUT2D eigenvalue weighted by molar-refractivity contribution is 7.99. The predicted octanol–water partition coefficient (Wildman–Crippen LogP) is 3.23. The van der Waals surface area contributed by atoms with Gasteiger partial charge in [0.05, 0.1) is 31.2 Å². The van der Waals surface area contributed by atoms with Crippen LogP contribution in [0.5, 0.6) is 11.5 Å². The van der Waals surface area contributed by atoms with Crippen molar-refractivity contribution in [2.45, 2.75) is 18.6 Å². The van der Waals surface area contributed by atoms with Crippen molar-refractivity contribution in [3.05, 3.63) is 40.0 Å². The molecule has 2 aromatic heterocycles. The van der Waals surface area contributed by atoms with Gasteiger partial charge in [0.25, 0.3) is 5.56 Å². The van der Waals surface area contributed by atoms with Crippen LogP contribution < -0.4 is 20.3 Å². The molecule has 0 saturated heterocycles. The Morgan fingerprint density at radius 2 is 2.11 bits per heavy atom. The third kappa shape index (κ3) is 4.09. The van der Waals surface area contributed by atoms with Crippen molar-refractivity contribution in [3.63, 3.8) is 0 Å². The molecule has 0 saturated carbocycles. The summed E-state index contributed by atoms with van der Waals surface area (Å²) in [5.74, 6) is 1.04. The summed E-state index contributed by atoms with van der Waals surface area (Å²) in [6.07, 6.45) is 0. The number of carbonyl (C=O) groups is 1. The molecular formula is C18H19N3O4S2. The maximum absolute atomic E-state index is 12.5. The van der Waals surface area contributed by atoms with Crippen LogP contribution in [0.2, 0.25) is 0 Å². The average Bonchev–Trinajstić information content (AvgIpc) is 3.15. The topological polar surface area (TPSA) is 82.5 Å². The summed E-state index contributed by atoms with van der Waals surface area (Å²) in [7, 11) is 3.09. The Labute approximate surface area is 164 Å². The quantitative estimate of drug-likeness (QED) is 0.480. The van der Waals surface area contributed by atoms with Crippen molar-refractivity contribution in [3.8, 4) is 11.5 Å². The van der Waals surface area contributed by atoms with Gasteiger partial charge in [0.2, 0.25) is 5.91 Å². The standard InChI is InChI=1S/C18H19N3O4S2/c1-4-21-17(23)16-12(7-8-26-16)20-18(21)27-10-15(22)19-13-9-11(24-2)5-6-14(13)25-3/h5-9H,4,10H2,1-3H3,(H,19,22). The van der Waals surface area contributed by atoms with Gasteiger partial charge in [-0.15, -0.1) is 11.3 Å². The Bertz CT molecular complexity index is 1030. The lowest BCUT2D eigenvalue weighted by Gasteiger charge is -2.12. The third-order valence-electron chi connectivity index (χ3n) is 3.86. The van der Waals surface area contributed by atoms with E-state index in [-0.39, 0.29) is 17.2 Å². The van der Waals surface area contributed by atoms with Gasteiger partial charge in [-0.05, 0) is 30.5 Å². The number of fused-ring (bicyclic) bond motifs is 1. The predicted molar refractivity (Wildman–Crippen MR) is 108 cm³/mol. The van der Waals surface area contributed by atoms with Gasteiger partial charge in [-0.3, -0.25) is 14.2 Å². The van der Waals surface area contributed by atoms with E-state index in [0.29, 0.717) is 39.1 Å². The van der Waals surface area contributed by atoms with Crippen molar-refractivity contribution in [1.29, 1.82) is 0 Å². The molecule has 0 radical (unpaired) electrons. The van der Waals surface area contributed by atoms with Gasteiger partial charge < -0.3 is 14.8 Å². The second kappa shape index (κ2) is 8.45. The van der Waals surface area contributed by atoms with Crippen molar-refractivity contribution in [1.82, 2.24) is 9.55 Å². The number of aromatic nitrogens is 2. The van der Waals surface area contributed by atoms with Crippen molar-refractivity contribution < 1.29 is 14.3 Å². The molecule has 1 amide bonds. The fourth-order valence-electron chi connectivity index (χ4n) is 2.54. The smallest absolute Gasteiger partial charge is 0.272 e. The molecular weight excluding hydrogens is 386 g/mol. The number of benzene rings is 1. The summed E-state index contributed by atoms with van der Waals surface area (Å²) in [6, 6.07) is 6.98. The Kier molecular flexibility index (Phi) is 6.02. The van der Waals surface area contributed by atoms with Crippen molar-refractivity contribution >= 4 is 44.9 Å². The van der Waals surface area contributed by atoms with Gasteiger partial charge in [-0.1, -0.05) is 11.8 Å². The number of rotatable bonds is 7. The number of thiophene rings is 1. The fraction of sp³-hybridized carbons (Fsp3) is 0.278. The summed E-state index contributed by atoms with van der Waals surface area (Å²) in [4.78, 5) is 29.4. The largest absolute Gasteiger partial charge is 0.497 e. The van der Waals surface area contributed by atoms with E-state index >= 15 is 0 Å². The monoisotopic (exact) mass is 405 g/mol. The van der Waals surface area contributed by atoms with Gasteiger partial charge in [0, 0.05) is 12.6 Å². The highest BCUT2D eigenvalue weighted by atomic mass is 32.2. The zero-order valence-corrected chi connectivity index (χ0v) is 16.8. The second-order valence-corrected chi connectivity index (χ2v) is 7.34. The van der Waals surface area contributed by atoms with Crippen LogP contribution in [0.3, 0.4) is 0 Å². The van der Waals surface area contributed by atoms with Gasteiger partial charge in [-0.25, -0.2) is 4.98 Å². The van der Waals surface area contributed by atoms with Gasteiger partial charge >= 0.3 is 0 Å². The number of thioether (sulfide) groups is 1. The average molecular weight is 406 g/mol. The molecule has 0 spiro atoms. The zero-order valence-electron chi connectivity index (χ0n) is 15.1. The number of methoxy groups -OCH3 is 2. The molecule has 0 atom stereocenters. The Morgan fingerprint density at radius 3 is 2.81 bits per heavy atom. The molecule has 9 heteroatoms. The lowest BCUT2D eigenvalue weighted by atomic mass is 10.2. The first-order chi connectivity index (χ1) is 13.1.